The maximum atomic E-state index is 11.6. The first kappa shape index (κ1) is 21.7. The van der Waals surface area contributed by atoms with Crippen LogP contribution in [0.5, 0.6) is 0 Å². The molecule has 2 aromatic carbocycles. The zero-order valence-corrected chi connectivity index (χ0v) is 17.7. The Hall–Kier alpha value is -0.390. The second-order valence-corrected chi connectivity index (χ2v) is 7.91. The average Bonchev–Trinajstić information content (AvgIpc) is 2.49. The van der Waals surface area contributed by atoms with Crippen molar-refractivity contribution >= 4 is 20.9 Å². The van der Waals surface area contributed by atoms with Gasteiger partial charge in [0.25, 0.3) is 0 Å². The molecule has 0 radical (unpaired) electrons. The molecule has 0 aliphatic carbocycles. The van der Waals surface area contributed by atoms with Gasteiger partial charge in [-0.15, -0.1) is 0 Å². The van der Waals surface area contributed by atoms with Crippen molar-refractivity contribution in [2.24, 2.45) is 5.92 Å². The van der Waals surface area contributed by atoms with Crippen molar-refractivity contribution in [2.45, 2.75) is 57.3 Å². The minimum atomic E-state index is -4.43. The molecule has 0 amide bonds. The molecule has 0 saturated carbocycles. The number of hydrogen-bond acceptors (Lipinski definition) is 3. The van der Waals surface area contributed by atoms with Gasteiger partial charge in [-0.3, -0.25) is 0 Å². The molecule has 0 aliphatic heterocycles. The van der Waals surface area contributed by atoms with Crippen molar-refractivity contribution < 1.29 is 42.5 Å². The van der Waals surface area contributed by atoms with Crippen molar-refractivity contribution in [2.75, 3.05) is 0 Å². The summed E-state index contributed by atoms with van der Waals surface area (Å²) in [5.41, 5.74) is 0.682. The summed E-state index contributed by atoms with van der Waals surface area (Å²) in [6.45, 7) is 4.45. The number of unbranched alkanes of at least 4 members (excludes halogenated alkanes) is 3. The van der Waals surface area contributed by atoms with Crippen LogP contribution < -0.4 is 29.6 Å². The van der Waals surface area contributed by atoms with Crippen LogP contribution in [-0.4, -0.2) is 13.0 Å². The largest absolute Gasteiger partial charge is 1.00 e. The van der Waals surface area contributed by atoms with Gasteiger partial charge in [-0.05, 0) is 41.2 Å². The Morgan fingerprint density at radius 2 is 1.62 bits per heavy atom. The van der Waals surface area contributed by atoms with Crippen LogP contribution in [-0.2, 0) is 16.5 Å². The Kier molecular flexibility index (Phi) is 8.96. The molecule has 2 rings (SSSR count). The van der Waals surface area contributed by atoms with Crippen molar-refractivity contribution in [1.29, 1.82) is 0 Å². The van der Waals surface area contributed by atoms with Crippen molar-refractivity contribution in [3.8, 4) is 0 Å². The third kappa shape index (κ3) is 6.16. The average molecular weight is 356 g/mol. The van der Waals surface area contributed by atoms with Gasteiger partial charge in [-0.1, -0.05) is 69.9 Å². The van der Waals surface area contributed by atoms with Gasteiger partial charge in [0.15, 0.2) is 0 Å². The van der Waals surface area contributed by atoms with Gasteiger partial charge in [0, 0.05) is 0 Å². The molecule has 126 valence electrons. The quantitative estimate of drug-likeness (QED) is 0.412. The Morgan fingerprint density at radius 1 is 0.958 bits per heavy atom. The zero-order chi connectivity index (χ0) is 16.9. The summed E-state index contributed by atoms with van der Waals surface area (Å²) >= 11 is 0. The molecule has 0 unspecified atom stereocenters. The molecule has 0 heterocycles. The van der Waals surface area contributed by atoms with Crippen LogP contribution >= 0.6 is 0 Å². The Morgan fingerprint density at radius 3 is 2.29 bits per heavy atom. The maximum absolute atomic E-state index is 11.6. The van der Waals surface area contributed by atoms with Crippen molar-refractivity contribution in [3.63, 3.8) is 0 Å². The van der Waals surface area contributed by atoms with E-state index in [1.807, 2.05) is 24.3 Å². The fraction of sp³-hybridized carbons (Fsp3) is 0.474. The monoisotopic (exact) mass is 356 g/mol. The maximum Gasteiger partial charge on any atom is 1.00 e. The van der Waals surface area contributed by atoms with Gasteiger partial charge in [0.2, 0.25) is 0 Å². The van der Waals surface area contributed by atoms with Crippen LogP contribution in [0.1, 0.15) is 51.5 Å². The summed E-state index contributed by atoms with van der Waals surface area (Å²) in [6, 6.07) is 10.8. The summed E-state index contributed by atoms with van der Waals surface area (Å²) in [6.07, 6.45) is 6.21. The number of benzene rings is 2. The molecule has 0 N–H and O–H groups in total. The van der Waals surface area contributed by atoms with E-state index in [0.29, 0.717) is 12.0 Å². The molecular weight excluding hydrogens is 331 g/mol. The summed E-state index contributed by atoms with van der Waals surface area (Å²) in [5, 5.41) is 1.86. The van der Waals surface area contributed by atoms with Gasteiger partial charge in [-0.2, -0.15) is 0 Å². The normalized spacial score (nSPS) is 11.7. The van der Waals surface area contributed by atoms with E-state index in [0.717, 1.165) is 36.0 Å². The second-order valence-electron chi connectivity index (χ2n) is 6.56. The molecular formula is C19H25NaO3S. The number of fused-ring (bicyclic) bond motifs is 1. The van der Waals surface area contributed by atoms with Gasteiger partial charge >= 0.3 is 29.6 Å². The van der Waals surface area contributed by atoms with E-state index in [-0.39, 0.29) is 34.5 Å². The Labute approximate surface area is 167 Å². The molecule has 3 nitrogen and oxygen atoms in total. The first-order chi connectivity index (χ1) is 10.9. The smallest absolute Gasteiger partial charge is 0.744 e. The third-order valence-electron chi connectivity index (χ3n) is 4.23. The van der Waals surface area contributed by atoms with E-state index in [2.05, 4.69) is 13.8 Å². The summed E-state index contributed by atoms with van der Waals surface area (Å²) < 4.78 is 34.7. The van der Waals surface area contributed by atoms with Gasteiger partial charge < -0.3 is 4.55 Å². The SMILES string of the molecule is CC(C)CCCCCCc1c(S(=O)(=O)[O-])ccc2ccccc12.[Na+]. The summed E-state index contributed by atoms with van der Waals surface area (Å²) in [5.74, 6) is 0.727. The van der Waals surface area contributed by atoms with E-state index in [1.165, 1.54) is 18.9 Å². The first-order valence-corrected chi connectivity index (χ1v) is 9.77. The molecule has 0 fully saturated rings. The minimum absolute atomic E-state index is 0. The second kappa shape index (κ2) is 9.93. The van der Waals surface area contributed by atoms with Crippen LogP contribution in [0.3, 0.4) is 0 Å². The van der Waals surface area contributed by atoms with Crippen LogP contribution in [0.25, 0.3) is 10.8 Å². The van der Waals surface area contributed by atoms with Gasteiger partial charge in [0.05, 0.1) is 4.90 Å². The van der Waals surface area contributed by atoms with Crippen LogP contribution in [0.4, 0.5) is 0 Å². The van der Waals surface area contributed by atoms with E-state index in [1.54, 1.807) is 6.07 Å². The van der Waals surface area contributed by atoms with E-state index in [4.69, 9.17) is 0 Å². The predicted molar refractivity (Wildman–Crippen MR) is 93.5 cm³/mol. The number of hydrogen-bond donors (Lipinski definition) is 0. The van der Waals surface area contributed by atoms with Gasteiger partial charge in [0.1, 0.15) is 10.1 Å². The minimum Gasteiger partial charge on any atom is -0.744 e. The van der Waals surface area contributed by atoms with E-state index >= 15 is 0 Å². The van der Waals surface area contributed by atoms with Crippen molar-refractivity contribution in [3.05, 3.63) is 42.0 Å². The molecule has 0 spiro atoms. The Balaban J connectivity index is 0.00000288. The standard InChI is InChI=1S/C19H26O3S.Na/c1-15(2)9-5-3-4-6-12-18-17-11-8-7-10-16(17)13-14-19(18)23(20,21)22;/h7-8,10-11,13-15H,3-6,9,12H2,1-2H3,(H,20,21,22);/q;+1/p-1. The Bertz CT molecular complexity index is 754. The number of rotatable bonds is 8. The molecule has 0 saturated heterocycles. The topological polar surface area (TPSA) is 57.2 Å². The number of aryl methyl sites for hydroxylation is 1. The van der Waals surface area contributed by atoms with E-state index < -0.39 is 10.1 Å². The molecule has 24 heavy (non-hydrogen) atoms. The third-order valence-corrected chi connectivity index (χ3v) is 5.15. The summed E-state index contributed by atoms with van der Waals surface area (Å²) in [4.78, 5) is -0.0571. The van der Waals surface area contributed by atoms with Gasteiger partial charge in [-0.25, -0.2) is 8.42 Å². The fourth-order valence-electron chi connectivity index (χ4n) is 3.02. The molecule has 5 heteroatoms. The van der Waals surface area contributed by atoms with Crippen LogP contribution in [0, 0.1) is 5.92 Å². The fourth-order valence-corrected chi connectivity index (χ4v) is 3.76. The molecule has 2 aromatic rings. The first-order valence-electron chi connectivity index (χ1n) is 8.36. The molecule has 0 bridgehead atoms. The van der Waals surface area contributed by atoms with Crippen molar-refractivity contribution in [1.82, 2.24) is 0 Å². The zero-order valence-electron chi connectivity index (χ0n) is 14.9. The van der Waals surface area contributed by atoms with Crippen LogP contribution in [0.15, 0.2) is 41.3 Å². The predicted octanol–water partition coefficient (Wildman–Crippen LogP) is 1.90. The summed E-state index contributed by atoms with van der Waals surface area (Å²) in [7, 11) is -4.43. The molecule has 0 atom stereocenters. The van der Waals surface area contributed by atoms with E-state index in [9.17, 15) is 13.0 Å². The van der Waals surface area contributed by atoms with Crippen LogP contribution in [0.2, 0.25) is 0 Å². The molecule has 0 aliphatic rings. The molecule has 0 aromatic heterocycles.